The molecule has 5 heteroatoms. The highest BCUT2D eigenvalue weighted by atomic mass is 35.5. The first-order valence-corrected chi connectivity index (χ1v) is 14.0. The number of carbonyl (C=O) groups excluding carboxylic acids is 1. The summed E-state index contributed by atoms with van der Waals surface area (Å²) >= 11 is 6.47. The summed E-state index contributed by atoms with van der Waals surface area (Å²) in [5.41, 5.74) is 13.5. The SMILES string of the molecule is C=C(/C=C\C(NC(=O)CC)=C(\N)C(C)C)CC.CCc1cccc(-c2ccc(OC)cc2Cl)c1CC(C)C. The third kappa shape index (κ3) is 10.4. The lowest BCUT2D eigenvalue weighted by Gasteiger charge is -2.17. The second kappa shape index (κ2) is 16.8. The Morgan fingerprint density at radius 3 is 2.24 bits per heavy atom. The molecule has 0 aliphatic carbocycles. The van der Waals surface area contributed by atoms with Gasteiger partial charge in [-0.25, -0.2) is 0 Å². The zero-order valence-electron chi connectivity index (χ0n) is 24.6. The molecule has 4 nitrogen and oxygen atoms in total. The van der Waals surface area contributed by atoms with Crippen molar-refractivity contribution in [3.05, 3.63) is 88.2 Å². The third-order valence-corrected chi connectivity index (χ3v) is 6.51. The van der Waals surface area contributed by atoms with E-state index in [0.717, 1.165) is 41.2 Å². The summed E-state index contributed by atoms with van der Waals surface area (Å²) in [4.78, 5) is 11.4. The molecule has 0 atom stereocenters. The number of ether oxygens (including phenoxy) is 1. The molecule has 1 amide bonds. The van der Waals surface area contributed by atoms with E-state index >= 15 is 0 Å². The fraction of sp³-hybridized carbons (Fsp3) is 0.424. The molecule has 0 aliphatic heterocycles. The summed E-state index contributed by atoms with van der Waals surface area (Å²) in [5.74, 6) is 1.58. The summed E-state index contributed by atoms with van der Waals surface area (Å²) in [5, 5.41) is 3.56. The third-order valence-electron chi connectivity index (χ3n) is 6.20. The van der Waals surface area contributed by atoms with Crippen molar-refractivity contribution in [2.24, 2.45) is 17.6 Å². The monoisotopic (exact) mass is 538 g/mol. The number of hydrogen-bond acceptors (Lipinski definition) is 3. The zero-order chi connectivity index (χ0) is 28.8. The van der Waals surface area contributed by atoms with Crippen molar-refractivity contribution in [2.45, 2.75) is 74.1 Å². The quantitative estimate of drug-likeness (QED) is 0.281. The molecule has 38 heavy (non-hydrogen) atoms. The number of benzene rings is 2. The number of nitrogens with two attached hydrogens (primary N) is 1. The van der Waals surface area contributed by atoms with Crippen molar-refractivity contribution >= 4 is 17.5 Å². The average Bonchev–Trinajstić information content (AvgIpc) is 2.90. The molecule has 0 saturated carbocycles. The van der Waals surface area contributed by atoms with E-state index in [1.54, 1.807) is 7.11 Å². The van der Waals surface area contributed by atoms with Gasteiger partial charge in [0.25, 0.3) is 0 Å². The summed E-state index contributed by atoms with van der Waals surface area (Å²) in [7, 11) is 1.66. The molecule has 0 unspecified atom stereocenters. The van der Waals surface area contributed by atoms with Gasteiger partial charge in [-0.2, -0.15) is 0 Å². The molecular weight excluding hydrogens is 492 g/mol. The second-order valence-corrected chi connectivity index (χ2v) is 10.4. The molecule has 0 aromatic heterocycles. The predicted molar refractivity (Wildman–Crippen MR) is 164 cm³/mol. The van der Waals surface area contributed by atoms with Crippen LogP contribution in [-0.2, 0) is 17.6 Å². The molecule has 2 aromatic carbocycles. The van der Waals surface area contributed by atoms with E-state index < -0.39 is 0 Å². The van der Waals surface area contributed by atoms with Crippen molar-refractivity contribution in [1.29, 1.82) is 0 Å². The van der Waals surface area contributed by atoms with Crippen LogP contribution in [0.5, 0.6) is 5.75 Å². The first-order chi connectivity index (χ1) is 18.0. The Bertz CT molecular complexity index is 1130. The summed E-state index contributed by atoms with van der Waals surface area (Å²) in [6.07, 6.45) is 7.16. The van der Waals surface area contributed by atoms with Crippen LogP contribution in [0.2, 0.25) is 5.02 Å². The Morgan fingerprint density at radius 2 is 1.74 bits per heavy atom. The van der Waals surface area contributed by atoms with Gasteiger partial charge < -0.3 is 15.8 Å². The van der Waals surface area contributed by atoms with E-state index in [1.807, 2.05) is 52.0 Å². The van der Waals surface area contributed by atoms with E-state index in [4.69, 9.17) is 22.1 Å². The van der Waals surface area contributed by atoms with Crippen LogP contribution >= 0.6 is 11.6 Å². The van der Waals surface area contributed by atoms with Gasteiger partial charge in [0.15, 0.2) is 0 Å². The Labute approximate surface area is 236 Å². The van der Waals surface area contributed by atoms with Gasteiger partial charge in [-0.15, -0.1) is 0 Å². The topological polar surface area (TPSA) is 64.4 Å². The predicted octanol–water partition coefficient (Wildman–Crippen LogP) is 8.64. The minimum atomic E-state index is -0.0321. The van der Waals surface area contributed by atoms with Crippen LogP contribution in [-0.4, -0.2) is 13.0 Å². The van der Waals surface area contributed by atoms with Crippen LogP contribution in [0.15, 0.2) is 72.1 Å². The second-order valence-electron chi connectivity index (χ2n) is 10.0. The van der Waals surface area contributed by atoms with Crippen LogP contribution in [0.4, 0.5) is 0 Å². The molecule has 0 bridgehead atoms. The number of methoxy groups -OCH3 is 1. The van der Waals surface area contributed by atoms with Crippen molar-refractivity contribution in [1.82, 2.24) is 5.32 Å². The molecule has 0 saturated heterocycles. The molecule has 0 aliphatic rings. The van der Waals surface area contributed by atoms with Gasteiger partial charge in [0.05, 0.1) is 17.8 Å². The van der Waals surface area contributed by atoms with Gasteiger partial charge in [-0.1, -0.05) is 96.5 Å². The Balaban J connectivity index is 0.000000391. The number of aryl methyl sites for hydroxylation is 1. The lowest BCUT2D eigenvalue weighted by atomic mass is 9.89. The first-order valence-electron chi connectivity index (χ1n) is 13.6. The normalized spacial score (nSPS) is 11.8. The molecule has 3 N–H and O–H groups in total. The number of carbonyl (C=O) groups is 1. The molecule has 0 heterocycles. The number of hydrogen-bond donors (Lipinski definition) is 2. The van der Waals surface area contributed by atoms with E-state index in [0.29, 0.717) is 23.7 Å². The number of amides is 1. The molecule has 0 spiro atoms. The highest BCUT2D eigenvalue weighted by Crippen LogP contribution is 2.35. The van der Waals surface area contributed by atoms with Gasteiger partial charge in [-0.3, -0.25) is 4.79 Å². The van der Waals surface area contributed by atoms with Crippen LogP contribution in [0, 0.1) is 11.8 Å². The number of rotatable bonds is 11. The Kier molecular flexibility index (Phi) is 14.6. The molecule has 2 rings (SSSR count). The van der Waals surface area contributed by atoms with E-state index in [2.05, 4.69) is 56.9 Å². The van der Waals surface area contributed by atoms with Gasteiger partial charge in [0, 0.05) is 17.7 Å². The van der Waals surface area contributed by atoms with Crippen LogP contribution in [0.25, 0.3) is 11.1 Å². The zero-order valence-corrected chi connectivity index (χ0v) is 25.3. The van der Waals surface area contributed by atoms with Gasteiger partial charge >= 0.3 is 0 Å². The molecular formula is C33H47ClN2O2. The maximum atomic E-state index is 11.4. The minimum Gasteiger partial charge on any atom is -0.497 e. The summed E-state index contributed by atoms with van der Waals surface area (Å²) < 4.78 is 5.24. The van der Waals surface area contributed by atoms with Crippen LogP contribution in [0.1, 0.15) is 72.4 Å². The molecule has 2 aromatic rings. The highest BCUT2D eigenvalue weighted by molar-refractivity contribution is 6.33. The lowest BCUT2D eigenvalue weighted by Crippen LogP contribution is -2.25. The van der Waals surface area contributed by atoms with Gasteiger partial charge in [-0.05, 0) is 72.1 Å². The van der Waals surface area contributed by atoms with E-state index in [1.165, 1.54) is 16.7 Å². The number of allylic oxidation sites excluding steroid dienone is 4. The van der Waals surface area contributed by atoms with E-state index in [9.17, 15) is 4.79 Å². The van der Waals surface area contributed by atoms with Gasteiger partial charge in [0.1, 0.15) is 5.75 Å². The molecule has 0 radical (unpaired) electrons. The smallest absolute Gasteiger partial charge is 0.224 e. The van der Waals surface area contributed by atoms with Crippen molar-refractivity contribution in [3.8, 4) is 16.9 Å². The van der Waals surface area contributed by atoms with Crippen LogP contribution < -0.4 is 15.8 Å². The Hall–Kier alpha value is -2.98. The summed E-state index contributed by atoms with van der Waals surface area (Å²) in [6, 6.07) is 12.4. The maximum Gasteiger partial charge on any atom is 0.224 e. The lowest BCUT2D eigenvalue weighted by molar-refractivity contribution is -0.120. The number of halogens is 1. The van der Waals surface area contributed by atoms with Crippen LogP contribution in [0.3, 0.4) is 0 Å². The molecule has 208 valence electrons. The standard InChI is InChI=1S/C19H23ClO.C14H24N2O/c1-5-14-7-6-8-16(18(14)11-13(2)3)17-10-9-15(21-4)12-19(17)20;1-6-11(5)8-9-12(14(15)10(3)4)16-13(17)7-2/h6-10,12-13H,5,11H2,1-4H3;8-10H,5-7,15H2,1-4H3,(H,16,17)/b;9-8-,14-12-. The minimum absolute atomic E-state index is 0.0321. The van der Waals surface area contributed by atoms with Gasteiger partial charge in [0.2, 0.25) is 5.91 Å². The average molecular weight is 539 g/mol. The summed E-state index contributed by atoms with van der Waals surface area (Å²) in [6.45, 7) is 18.4. The molecule has 0 fully saturated rings. The number of nitrogens with one attached hydrogen (secondary N) is 1. The maximum absolute atomic E-state index is 11.4. The Morgan fingerprint density at radius 1 is 1.05 bits per heavy atom. The largest absolute Gasteiger partial charge is 0.497 e. The fourth-order valence-corrected chi connectivity index (χ4v) is 4.06. The van der Waals surface area contributed by atoms with Crippen molar-refractivity contribution in [2.75, 3.05) is 7.11 Å². The highest BCUT2D eigenvalue weighted by Gasteiger charge is 2.14. The fourth-order valence-electron chi connectivity index (χ4n) is 3.79. The van der Waals surface area contributed by atoms with Crippen molar-refractivity contribution < 1.29 is 9.53 Å². The first kappa shape index (κ1) is 33.0. The van der Waals surface area contributed by atoms with E-state index in [-0.39, 0.29) is 11.8 Å². The van der Waals surface area contributed by atoms with Crippen molar-refractivity contribution in [3.63, 3.8) is 0 Å².